The molecule has 3 rings (SSSR count). The molecule has 0 aliphatic carbocycles. The number of aromatic nitrogens is 1. The quantitative estimate of drug-likeness (QED) is 0.729. The predicted octanol–water partition coefficient (Wildman–Crippen LogP) is 3.79. The lowest BCUT2D eigenvalue weighted by atomic mass is 10.1. The molecule has 6 nitrogen and oxygen atoms in total. The molecule has 2 amide bonds. The number of thiophene rings is 1. The second kappa shape index (κ2) is 7.31. The monoisotopic (exact) mass is 355 g/mol. The summed E-state index contributed by atoms with van der Waals surface area (Å²) in [6.07, 6.45) is 0.161. The normalized spacial score (nSPS) is 10.5. The van der Waals surface area contributed by atoms with Gasteiger partial charge in [-0.25, -0.2) is 0 Å². The predicted molar refractivity (Wildman–Crippen MR) is 97.0 cm³/mol. The first-order chi connectivity index (χ1) is 12.0. The third kappa shape index (κ3) is 3.95. The summed E-state index contributed by atoms with van der Waals surface area (Å²) in [6, 6.07) is 10.7. The van der Waals surface area contributed by atoms with Crippen LogP contribution in [0, 0.1) is 13.8 Å². The summed E-state index contributed by atoms with van der Waals surface area (Å²) in [5.41, 5.74) is 2.57. The molecule has 2 N–H and O–H groups in total. The highest BCUT2D eigenvalue weighted by Gasteiger charge is 2.15. The van der Waals surface area contributed by atoms with Crippen molar-refractivity contribution in [3.8, 4) is 0 Å². The fraction of sp³-hybridized carbons (Fsp3) is 0.167. The van der Waals surface area contributed by atoms with Gasteiger partial charge < -0.3 is 15.2 Å². The van der Waals surface area contributed by atoms with Gasteiger partial charge in [-0.05, 0) is 37.4 Å². The highest BCUT2D eigenvalue weighted by molar-refractivity contribution is 7.12. The Balaban J connectivity index is 1.72. The molecule has 7 heteroatoms. The van der Waals surface area contributed by atoms with Crippen LogP contribution in [0.4, 0.5) is 11.4 Å². The number of nitrogens with zero attached hydrogens (tertiary/aromatic N) is 1. The third-order valence-corrected chi connectivity index (χ3v) is 4.58. The van der Waals surface area contributed by atoms with E-state index in [0.717, 1.165) is 5.56 Å². The van der Waals surface area contributed by atoms with Crippen molar-refractivity contribution in [1.29, 1.82) is 0 Å². The number of hydrogen-bond donors (Lipinski definition) is 2. The number of carbonyl (C=O) groups is 2. The Morgan fingerprint density at radius 2 is 1.80 bits per heavy atom. The third-order valence-electron chi connectivity index (χ3n) is 3.71. The molecule has 3 aromatic rings. The van der Waals surface area contributed by atoms with Gasteiger partial charge in [0.2, 0.25) is 5.91 Å². The SMILES string of the molecule is Cc1noc(C)c1CC(=O)Nc1ccccc1NC(=O)c1cccs1. The Labute approximate surface area is 148 Å². The molecule has 0 bridgehead atoms. The molecule has 0 saturated heterocycles. The number of aryl methyl sites for hydroxylation is 2. The molecular formula is C18H17N3O3S. The standard InChI is InChI=1S/C18H17N3O3S/c1-11-13(12(2)24-21-11)10-17(22)19-14-6-3-4-7-15(14)20-18(23)16-8-5-9-25-16/h3-9H,10H2,1-2H3,(H,19,22)(H,20,23). The van der Waals surface area contributed by atoms with Crippen LogP contribution >= 0.6 is 11.3 Å². The fourth-order valence-corrected chi connectivity index (χ4v) is 3.02. The van der Waals surface area contributed by atoms with Gasteiger partial charge in [0.25, 0.3) is 5.91 Å². The van der Waals surface area contributed by atoms with Crippen molar-refractivity contribution >= 4 is 34.5 Å². The minimum atomic E-state index is -0.206. The second-order valence-electron chi connectivity index (χ2n) is 5.50. The van der Waals surface area contributed by atoms with E-state index >= 15 is 0 Å². The zero-order valence-electron chi connectivity index (χ0n) is 13.8. The van der Waals surface area contributed by atoms with E-state index < -0.39 is 0 Å². The molecule has 128 valence electrons. The zero-order valence-corrected chi connectivity index (χ0v) is 14.6. The van der Waals surface area contributed by atoms with Gasteiger partial charge >= 0.3 is 0 Å². The number of nitrogens with one attached hydrogen (secondary N) is 2. The Kier molecular flexibility index (Phi) is 4.95. The van der Waals surface area contributed by atoms with E-state index in [1.165, 1.54) is 11.3 Å². The molecule has 0 aliphatic rings. The summed E-state index contributed by atoms with van der Waals surface area (Å²) < 4.78 is 5.08. The summed E-state index contributed by atoms with van der Waals surface area (Å²) in [5.74, 6) is 0.224. The van der Waals surface area contributed by atoms with E-state index in [1.54, 1.807) is 44.2 Å². The van der Waals surface area contributed by atoms with E-state index in [0.29, 0.717) is 27.7 Å². The van der Waals surface area contributed by atoms with Gasteiger partial charge in [0.15, 0.2) is 0 Å². The number of rotatable bonds is 5. The first-order valence-corrected chi connectivity index (χ1v) is 8.58. The van der Waals surface area contributed by atoms with E-state index in [9.17, 15) is 9.59 Å². The number of benzene rings is 1. The van der Waals surface area contributed by atoms with Crippen LogP contribution in [-0.2, 0) is 11.2 Å². The minimum Gasteiger partial charge on any atom is -0.361 e. The van der Waals surface area contributed by atoms with E-state index in [2.05, 4.69) is 15.8 Å². The molecule has 0 spiro atoms. The Morgan fingerprint density at radius 3 is 2.40 bits per heavy atom. The highest BCUT2D eigenvalue weighted by atomic mass is 32.1. The highest BCUT2D eigenvalue weighted by Crippen LogP contribution is 2.23. The Bertz CT molecular complexity index is 881. The van der Waals surface area contributed by atoms with Gasteiger partial charge in [0, 0.05) is 5.56 Å². The molecular weight excluding hydrogens is 338 g/mol. The summed E-state index contributed by atoms with van der Waals surface area (Å²) in [7, 11) is 0. The number of anilines is 2. The first-order valence-electron chi connectivity index (χ1n) is 7.70. The topological polar surface area (TPSA) is 84.2 Å². The van der Waals surface area contributed by atoms with Crippen molar-refractivity contribution in [2.45, 2.75) is 20.3 Å². The lowest BCUT2D eigenvalue weighted by Crippen LogP contribution is -2.18. The number of carbonyl (C=O) groups excluding carboxylic acids is 2. The first kappa shape index (κ1) is 16.9. The molecule has 0 fully saturated rings. The van der Waals surface area contributed by atoms with Crippen LogP contribution in [0.15, 0.2) is 46.3 Å². The van der Waals surface area contributed by atoms with Crippen LogP contribution in [0.2, 0.25) is 0 Å². The summed E-state index contributed by atoms with van der Waals surface area (Å²) in [5, 5.41) is 11.4. The maximum Gasteiger partial charge on any atom is 0.265 e. The van der Waals surface area contributed by atoms with Crippen LogP contribution < -0.4 is 10.6 Å². The van der Waals surface area contributed by atoms with Crippen LogP contribution in [0.3, 0.4) is 0 Å². The summed E-state index contributed by atoms with van der Waals surface area (Å²) in [6.45, 7) is 3.58. The van der Waals surface area contributed by atoms with Gasteiger partial charge in [0.05, 0.1) is 28.4 Å². The fourth-order valence-electron chi connectivity index (χ4n) is 2.40. The number of para-hydroxylation sites is 2. The molecule has 0 unspecified atom stereocenters. The van der Waals surface area contributed by atoms with Crippen molar-refractivity contribution in [2.24, 2.45) is 0 Å². The molecule has 0 atom stereocenters. The van der Waals surface area contributed by atoms with Crippen molar-refractivity contribution < 1.29 is 14.1 Å². The summed E-state index contributed by atoms with van der Waals surface area (Å²) >= 11 is 1.36. The number of hydrogen-bond acceptors (Lipinski definition) is 5. The van der Waals surface area contributed by atoms with Gasteiger partial charge in [-0.1, -0.05) is 23.4 Å². The van der Waals surface area contributed by atoms with Gasteiger partial charge in [-0.3, -0.25) is 9.59 Å². The van der Waals surface area contributed by atoms with Crippen LogP contribution in [0.1, 0.15) is 26.7 Å². The van der Waals surface area contributed by atoms with Crippen molar-refractivity contribution in [2.75, 3.05) is 10.6 Å². The lowest BCUT2D eigenvalue weighted by molar-refractivity contribution is -0.115. The van der Waals surface area contributed by atoms with E-state index in [4.69, 9.17) is 4.52 Å². The summed E-state index contributed by atoms with van der Waals surface area (Å²) in [4.78, 5) is 25.2. The average Bonchev–Trinajstić information content (AvgIpc) is 3.23. The van der Waals surface area contributed by atoms with E-state index in [1.807, 2.05) is 11.4 Å². The number of amides is 2. The van der Waals surface area contributed by atoms with Crippen molar-refractivity contribution in [3.05, 3.63) is 63.7 Å². The van der Waals surface area contributed by atoms with Crippen molar-refractivity contribution in [3.63, 3.8) is 0 Å². The lowest BCUT2D eigenvalue weighted by Gasteiger charge is -2.11. The smallest absolute Gasteiger partial charge is 0.265 e. The van der Waals surface area contributed by atoms with Crippen LogP contribution in [0.5, 0.6) is 0 Å². The maximum atomic E-state index is 12.4. The molecule has 2 heterocycles. The largest absolute Gasteiger partial charge is 0.361 e. The zero-order chi connectivity index (χ0) is 17.8. The molecule has 0 saturated carbocycles. The van der Waals surface area contributed by atoms with Crippen LogP contribution in [-0.4, -0.2) is 17.0 Å². The maximum absolute atomic E-state index is 12.4. The van der Waals surface area contributed by atoms with Gasteiger partial charge in [-0.2, -0.15) is 0 Å². The van der Waals surface area contributed by atoms with E-state index in [-0.39, 0.29) is 18.2 Å². The molecule has 2 aromatic heterocycles. The van der Waals surface area contributed by atoms with Crippen LogP contribution in [0.25, 0.3) is 0 Å². The second-order valence-corrected chi connectivity index (χ2v) is 6.45. The molecule has 1 aromatic carbocycles. The van der Waals surface area contributed by atoms with Gasteiger partial charge in [-0.15, -0.1) is 11.3 Å². The molecule has 25 heavy (non-hydrogen) atoms. The van der Waals surface area contributed by atoms with Gasteiger partial charge in [0.1, 0.15) is 5.76 Å². The minimum absolute atomic E-state index is 0.161. The average molecular weight is 355 g/mol. The molecule has 0 aliphatic heterocycles. The molecule has 0 radical (unpaired) electrons. The van der Waals surface area contributed by atoms with Crippen molar-refractivity contribution in [1.82, 2.24) is 5.16 Å². The Morgan fingerprint density at radius 1 is 1.08 bits per heavy atom. The Hall–Kier alpha value is -2.93.